The Balaban J connectivity index is 2.98. The van der Waals surface area contributed by atoms with Gasteiger partial charge in [0.05, 0.1) is 6.61 Å². The highest BCUT2D eigenvalue weighted by Gasteiger charge is 2.45. The first-order valence-corrected chi connectivity index (χ1v) is 4.75. The van der Waals surface area contributed by atoms with Crippen molar-refractivity contribution in [3.8, 4) is 0 Å². The molecule has 0 bridgehead atoms. The van der Waals surface area contributed by atoms with Crippen LogP contribution in [0.25, 0.3) is 0 Å². The Kier molecular flexibility index (Phi) is 3.88. The lowest BCUT2D eigenvalue weighted by Gasteiger charge is -2.13. The summed E-state index contributed by atoms with van der Waals surface area (Å²) >= 11 is 0. The van der Waals surface area contributed by atoms with Gasteiger partial charge in [-0.1, -0.05) is 0 Å². The second-order valence-electron chi connectivity index (χ2n) is 3.13. The number of hydrogen-bond acceptors (Lipinski definition) is 3. The van der Waals surface area contributed by atoms with E-state index in [1.165, 1.54) is 6.92 Å². The number of esters is 1. The molecule has 0 saturated heterocycles. The summed E-state index contributed by atoms with van der Waals surface area (Å²) in [6.07, 6.45) is 0. The van der Waals surface area contributed by atoms with Crippen molar-refractivity contribution in [3.63, 3.8) is 0 Å². The monoisotopic (exact) mass is 246 g/mol. The number of rotatable bonds is 4. The number of carbonyl (C=O) groups is 2. The first kappa shape index (κ1) is 13.2. The molecule has 6 heteroatoms. The van der Waals surface area contributed by atoms with Crippen molar-refractivity contribution >= 4 is 11.8 Å². The molecule has 0 fully saturated rings. The van der Waals surface area contributed by atoms with Gasteiger partial charge in [0.15, 0.2) is 0 Å². The highest BCUT2D eigenvalue weighted by atomic mass is 19.3. The smallest absolute Gasteiger partial charge is 0.381 e. The molecule has 0 saturated carbocycles. The lowest BCUT2D eigenvalue weighted by Crippen LogP contribution is -2.34. The van der Waals surface area contributed by atoms with Crippen molar-refractivity contribution in [1.29, 1.82) is 0 Å². The quantitative estimate of drug-likeness (QED) is 0.603. The Labute approximate surface area is 95.2 Å². The number of Topliss-reactive ketones (excluding diaryl/α,β-unsaturated/α-hetero) is 1. The van der Waals surface area contributed by atoms with Gasteiger partial charge in [0.1, 0.15) is 5.82 Å². The zero-order valence-electron chi connectivity index (χ0n) is 8.88. The van der Waals surface area contributed by atoms with E-state index in [1.54, 1.807) is 0 Å². The molecule has 1 rings (SSSR count). The van der Waals surface area contributed by atoms with Gasteiger partial charge in [-0.25, -0.2) is 9.18 Å². The second kappa shape index (κ2) is 4.99. The molecule has 0 radical (unpaired) electrons. The Morgan fingerprint density at radius 2 is 1.76 bits per heavy atom. The normalized spacial score (nSPS) is 11.1. The summed E-state index contributed by atoms with van der Waals surface area (Å²) in [5, 5.41) is 0. The second-order valence-corrected chi connectivity index (χ2v) is 3.13. The van der Waals surface area contributed by atoms with Crippen molar-refractivity contribution in [2.75, 3.05) is 6.61 Å². The van der Waals surface area contributed by atoms with Crippen LogP contribution in [-0.2, 0) is 20.2 Å². The zero-order valence-corrected chi connectivity index (χ0v) is 8.88. The topological polar surface area (TPSA) is 43.4 Å². The van der Waals surface area contributed by atoms with Gasteiger partial charge in [0.2, 0.25) is 0 Å². The van der Waals surface area contributed by atoms with Gasteiger partial charge < -0.3 is 4.74 Å². The highest BCUT2D eigenvalue weighted by Crippen LogP contribution is 2.29. The Morgan fingerprint density at radius 1 is 1.24 bits per heavy atom. The van der Waals surface area contributed by atoms with Crippen LogP contribution in [0.3, 0.4) is 0 Å². The third-order valence-electron chi connectivity index (χ3n) is 1.95. The SMILES string of the molecule is CCOC(=O)C(=O)C(F)(F)c1ccc(F)cc1. The van der Waals surface area contributed by atoms with Crippen molar-refractivity contribution in [2.45, 2.75) is 12.8 Å². The largest absolute Gasteiger partial charge is 0.460 e. The molecule has 0 aliphatic rings. The van der Waals surface area contributed by atoms with Crippen molar-refractivity contribution < 1.29 is 27.5 Å². The van der Waals surface area contributed by atoms with E-state index in [1.807, 2.05) is 0 Å². The Hall–Kier alpha value is -1.85. The molecule has 0 spiro atoms. The lowest BCUT2D eigenvalue weighted by atomic mass is 10.0. The number of halogens is 3. The lowest BCUT2D eigenvalue weighted by molar-refractivity contribution is -0.166. The number of alkyl halides is 2. The van der Waals surface area contributed by atoms with E-state index in [4.69, 9.17) is 0 Å². The van der Waals surface area contributed by atoms with Gasteiger partial charge >= 0.3 is 17.7 Å². The standard InChI is InChI=1S/C11H9F3O3/c1-2-17-10(16)9(15)11(13,14)7-3-5-8(12)6-4-7/h3-6H,2H2,1H3. The predicted octanol–water partition coefficient (Wildman–Crippen LogP) is 2.05. The molecule has 3 nitrogen and oxygen atoms in total. The molecule has 17 heavy (non-hydrogen) atoms. The van der Waals surface area contributed by atoms with E-state index < -0.39 is 29.1 Å². The van der Waals surface area contributed by atoms with Crippen LogP contribution in [0.1, 0.15) is 12.5 Å². The molecule has 0 heterocycles. The molecule has 0 N–H and O–H groups in total. The summed E-state index contributed by atoms with van der Waals surface area (Å²) in [5.41, 5.74) is -0.753. The third kappa shape index (κ3) is 2.83. The fraction of sp³-hybridized carbons (Fsp3) is 0.273. The number of hydrogen-bond donors (Lipinski definition) is 0. The van der Waals surface area contributed by atoms with Gasteiger partial charge in [-0.2, -0.15) is 8.78 Å². The molecule has 1 aromatic carbocycles. The first-order chi connectivity index (χ1) is 7.89. The summed E-state index contributed by atoms with van der Waals surface area (Å²) in [5.74, 6) is -8.30. The van der Waals surface area contributed by atoms with Gasteiger partial charge in [-0.3, -0.25) is 4.79 Å². The minimum atomic E-state index is -4.01. The van der Waals surface area contributed by atoms with Gasteiger partial charge in [-0.15, -0.1) is 0 Å². The first-order valence-electron chi connectivity index (χ1n) is 4.75. The van der Waals surface area contributed by atoms with Crippen LogP contribution >= 0.6 is 0 Å². The van der Waals surface area contributed by atoms with E-state index in [9.17, 15) is 22.8 Å². The van der Waals surface area contributed by atoms with Crippen molar-refractivity contribution in [2.24, 2.45) is 0 Å². The van der Waals surface area contributed by atoms with Crippen LogP contribution < -0.4 is 0 Å². The van der Waals surface area contributed by atoms with Gasteiger partial charge in [0.25, 0.3) is 0 Å². The van der Waals surface area contributed by atoms with Gasteiger partial charge in [0, 0.05) is 5.56 Å². The Morgan fingerprint density at radius 3 is 2.24 bits per heavy atom. The average molecular weight is 246 g/mol. The number of ketones is 1. The van der Waals surface area contributed by atoms with Crippen LogP contribution in [0.4, 0.5) is 13.2 Å². The van der Waals surface area contributed by atoms with Crippen LogP contribution in [0.5, 0.6) is 0 Å². The summed E-state index contributed by atoms with van der Waals surface area (Å²) in [4.78, 5) is 22.0. The van der Waals surface area contributed by atoms with Gasteiger partial charge in [-0.05, 0) is 31.2 Å². The maximum atomic E-state index is 13.5. The van der Waals surface area contributed by atoms with E-state index >= 15 is 0 Å². The molecular formula is C11H9F3O3. The van der Waals surface area contributed by atoms with Crippen LogP contribution in [-0.4, -0.2) is 18.4 Å². The highest BCUT2D eigenvalue weighted by molar-refractivity contribution is 6.36. The fourth-order valence-electron chi connectivity index (χ4n) is 1.12. The van der Waals surface area contributed by atoms with E-state index in [0.29, 0.717) is 0 Å². The molecule has 0 aliphatic carbocycles. The molecule has 0 aliphatic heterocycles. The minimum absolute atomic E-state index is 0.177. The maximum absolute atomic E-state index is 13.5. The summed E-state index contributed by atoms with van der Waals surface area (Å²) in [6.45, 7) is 1.21. The van der Waals surface area contributed by atoms with Crippen LogP contribution in [0, 0.1) is 5.82 Å². The number of carbonyl (C=O) groups excluding carboxylic acids is 2. The van der Waals surface area contributed by atoms with Crippen molar-refractivity contribution in [1.82, 2.24) is 0 Å². The van der Waals surface area contributed by atoms with E-state index in [2.05, 4.69) is 4.74 Å². The minimum Gasteiger partial charge on any atom is -0.460 e. The molecule has 0 amide bonds. The number of benzene rings is 1. The average Bonchev–Trinajstić information content (AvgIpc) is 2.29. The molecule has 92 valence electrons. The third-order valence-corrected chi connectivity index (χ3v) is 1.95. The van der Waals surface area contributed by atoms with E-state index in [0.717, 1.165) is 24.3 Å². The zero-order chi connectivity index (χ0) is 13.1. The van der Waals surface area contributed by atoms with Crippen molar-refractivity contribution in [3.05, 3.63) is 35.6 Å². The molecular weight excluding hydrogens is 237 g/mol. The maximum Gasteiger partial charge on any atom is 0.381 e. The van der Waals surface area contributed by atoms with Crippen LogP contribution in [0.2, 0.25) is 0 Å². The molecule has 0 aromatic heterocycles. The molecule has 1 aromatic rings. The summed E-state index contributed by atoms with van der Waals surface area (Å²) in [7, 11) is 0. The van der Waals surface area contributed by atoms with Crippen LogP contribution in [0.15, 0.2) is 24.3 Å². The summed E-state index contributed by atoms with van der Waals surface area (Å²) < 4.78 is 43.7. The van der Waals surface area contributed by atoms with E-state index in [-0.39, 0.29) is 6.61 Å². The molecule has 0 unspecified atom stereocenters. The predicted molar refractivity (Wildman–Crippen MR) is 51.9 cm³/mol. The fourth-order valence-corrected chi connectivity index (χ4v) is 1.12. The number of ether oxygens (including phenoxy) is 1. The summed E-state index contributed by atoms with van der Waals surface area (Å²) in [6, 6.07) is 3.04. The molecule has 0 atom stereocenters. The Bertz CT molecular complexity index is 426.